The molecule has 2 N–H and O–H groups in total. The second-order valence-electron chi connectivity index (χ2n) is 7.28. The summed E-state index contributed by atoms with van der Waals surface area (Å²) < 4.78 is 2.04. The molecule has 0 aliphatic carbocycles. The van der Waals surface area contributed by atoms with Gasteiger partial charge in [-0.25, -0.2) is 9.97 Å². The van der Waals surface area contributed by atoms with Gasteiger partial charge in [0.1, 0.15) is 11.6 Å². The van der Waals surface area contributed by atoms with Crippen LogP contribution in [0, 0.1) is 5.92 Å². The molecule has 29 heavy (non-hydrogen) atoms. The Balaban J connectivity index is 1.55. The number of aliphatic hydroxyl groups excluding tert-OH is 1. The first-order chi connectivity index (χ1) is 14.1. The van der Waals surface area contributed by atoms with Gasteiger partial charge >= 0.3 is 0 Å². The second kappa shape index (κ2) is 8.39. The molecule has 7 nitrogen and oxygen atoms in total. The highest BCUT2D eigenvalue weighted by atomic mass is 35.5. The summed E-state index contributed by atoms with van der Waals surface area (Å²) in [6.45, 7) is 1.76. The van der Waals surface area contributed by atoms with Gasteiger partial charge in [-0.2, -0.15) is 0 Å². The van der Waals surface area contributed by atoms with Gasteiger partial charge in [0, 0.05) is 44.4 Å². The van der Waals surface area contributed by atoms with E-state index in [0.717, 1.165) is 54.2 Å². The molecular weight excluding hydrogens is 390 g/mol. The van der Waals surface area contributed by atoms with Gasteiger partial charge in [0.25, 0.3) is 0 Å². The first-order valence-electron chi connectivity index (χ1n) is 9.79. The minimum absolute atomic E-state index is 0.0168. The van der Waals surface area contributed by atoms with E-state index in [1.165, 1.54) is 0 Å². The van der Waals surface area contributed by atoms with Gasteiger partial charge in [-0.3, -0.25) is 4.79 Å². The van der Waals surface area contributed by atoms with E-state index in [1.54, 1.807) is 6.20 Å². The Morgan fingerprint density at radius 2 is 2.07 bits per heavy atom. The van der Waals surface area contributed by atoms with Crippen LogP contribution in [0.3, 0.4) is 0 Å². The Morgan fingerprint density at radius 3 is 2.79 bits per heavy atom. The van der Waals surface area contributed by atoms with Crippen LogP contribution in [-0.2, 0) is 11.8 Å². The molecule has 0 atom stereocenters. The number of hydrogen-bond acceptors (Lipinski definition) is 5. The zero-order valence-electron chi connectivity index (χ0n) is 16.3. The number of fused-ring (bicyclic) bond motifs is 1. The van der Waals surface area contributed by atoms with Gasteiger partial charge < -0.3 is 19.9 Å². The molecule has 1 fully saturated rings. The molecule has 3 heterocycles. The maximum atomic E-state index is 12.1. The summed E-state index contributed by atoms with van der Waals surface area (Å²) in [6.07, 6.45) is 3.18. The third-order valence-corrected chi connectivity index (χ3v) is 5.77. The molecule has 0 radical (unpaired) electrons. The zero-order chi connectivity index (χ0) is 20.4. The average molecular weight is 414 g/mol. The number of benzene rings is 1. The lowest BCUT2D eigenvalue weighted by Crippen LogP contribution is -2.41. The Kier molecular flexibility index (Phi) is 5.69. The Labute approximate surface area is 174 Å². The van der Waals surface area contributed by atoms with Crippen LogP contribution in [0.15, 0.2) is 36.5 Å². The van der Waals surface area contributed by atoms with Crippen molar-refractivity contribution in [1.82, 2.24) is 19.9 Å². The standard InChI is InChI=1S/C21H24ClN5O2/c1-26-18-5-3-2-4-17(18)25-20(26)15-12-19(24-13-16(15)22)27-9-6-14(7-10-27)21(29)23-8-11-28/h2-5,12-14,28H,6-11H2,1H3,(H,23,29). The first-order valence-corrected chi connectivity index (χ1v) is 10.2. The largest absolute Gasteiger partial charge is 0.395 e. The summed E-state index contributed by atoms with van der Waals surface area (Å²) in [7, 11) is 1.98. The molecule has 152 valence electrons. The predicted molar refractivity (Wildman–Crippen MR) is 114 cm³/mol. The maximum absolute atomic E-state index is 12.1. The van der Waals surface area contributed by atoms with Crippen LogP contribution in [0.25, 0.3) is 22.4 Å². The van der Waals surface area contributed by atoms with Crippen LogP contribution >= 0.6 is 11.6 Å². The molecule has 1 saturated heterocycles. The lowest BCUT2D eigenvalue weighted by molar-refractivity contribution is -0.125. The number of piperidine rings is 1. The highest BCUT2D eigenvalue weighted by Gasteiger charge is 2.26. The number of carbonyl (C=O) groups excluding carboxylic acids is 1. The van der Waals surface area contributed by atoms with Gasteiger partial charge in [-0.1, -0.05) is 23.7 Å². The van der Waals surface area contributed by atoms with Crippen LogP contribution in [0.4, 0.5) is 5.82 Å². The molecular formula is C21H24ClN5O2. The van der Waals surface area contributed by atoms with E-state index in [9.17, 15) is 4.79 Å². The highest BCUT2D eigenvalue weighted by molar-refractivity contribution is 6.33. The number of nitrogens with zero attached hydrogens (tertiary/aromatic N) is 4. The van der Waals surface area contributed by atoms with Crippen molar-refractivity contribution in [3.63, 3.8) is 0 Å². The van der Waals surface area contributed by atoms with Crippen molar-refractivity contribution in [3.8, 4) is 11.4 Å². The monoisotopic (exact) mass is 413 g/mol. The number of amides is 1. The van der Waals surface area contributed by atoms with Crippen LogP contribution in [0.5, 0.6) is 0 Å². The third kappa shape index (κ3) is 3.93. The molecule has 0 bridgehead atoms. The number of aliphatic hydroxyl groups is 1. The minimum atomic E-state index is -0.0374. The third-order valence-electron chi connectivity index (χ3n) is 5.47. The second-order valence-corrected chi connectivity index (χ2v) is 7.69. The highest BCUT2D eigenvalue weighted by Crippen LogP contribution is 2.32. The van der Waals surface area contributed by atoms with E-state index in [-0.39, 0.29) is 18.4 Å². The van der Waals surface area contributed by atoms with E-state index in [1.807, 2.05) is 41.9 Å². The van der Waals surface area contributed by atoms with Gasteiger partial charge in [0.2, 0.25) is 5.91 Å². The van der Waals surface area contributed by atoms with E-state index in [2.05, 4.69) is 15.2 Å². The SMILES string of the molecule is Cn1c(-c2cc(N3CCC(C(=O)NCCO)CC3)ncc2Cl)nc2ccccc21. The van der Waals surface area contributed by atoms with Gasteiger partial charge in [-0.15, -0.1) is 0 Å². The summed E-state index contributed by atoms with van der Waals surface area (Å²) in [6, 6.07) is 9.97. The Morgan fingerprint density at radius 1 is 1.31 bits per heavy atom. The molecule has 1 aliphatic rings. The van der Waals surface area contributed by atoms with Crippen LogP contribution in [0.2, 0.25) is 5.02 Å². The molecule has 0 spiro atoms. The fourth-order valence-electron chi connectivity index (χ4n) is 3.85. The number of para-hydroxylation sites is 2. The van der Waals surface area contributed by atoms with Crippen molar-refractivity contribution in [2.75, 3.05) is 31.1 Å². The van der Waals surface area contributed by atoms with Crippen molar-refractivity contribution in [3.05, 3.63) is 41.6 Å². The van der Waals surface area contributed by atoms with Crippen LogP contribution in [-0.4, -0.2) is 51.8 Å². The average Bonchev–Trinajstić information content (AvgIpc) is 3.09. The molecule has 0 unspecified atom stereocenters. The number of nitrogens with one attached hydrogen (secondary N) is 1. The molecule has 1 amide bonds. The lowest BCUT2D eigenvalue weighted by Gasteiger charge is -2.32. The van der Waals surface area contributed by atoms with Gasteiger partial charge in [0.05, 0.1) is 22.7 Å². The summed E-state index contributed by atoms with van der Waals surface area (Å²) in [5.74, 6) is 1.64. The summed E-state index contributed by atoms with van der Waals surface area (Å²) in [5.41, 5.74) is 2.82. The van der Waals surface area contributed by atoms with Crippen molar-refractivity contribution in [1.29, 1.82) is 0 Å². The van der Waals surface area contributed by atoms with Crippen molar-refractivity contribution >= 4 is 34.4 Å². The molecule has 0 saturated carbocycles. The fraction of sp³-hybridized carbons (Fsp3) is 0.381. The Bertz CT molecular complexity index is 1030. The predicted octanol–water partition coefficient (Wildman–Crippen LogP) is 2.61. The molecule has 1 aromatic carbocycles. The van der Waals surface area contributed by atoms with E-state index in [4.69, 9.17) is 21.7 Å². The molecule has 2 aromatic heterocycles. The molecule has 1 aliphatic heterocycles. The first kappa shape index (κ1) is 19.7. The lowest BCUT2D eigenvalue weighted by atomic mass is 9.96. The van der Waals surface area contributed by atoms with Crippen molar-refractivity contribution in [2.24, 2.45) is 13.0 Å². The molecule has 4 rings (SSSR count). The maximum Gasteiger partial charge on any atom is 0.223 e. The number of pyridine rings is 1. The van der Waals surface area contributed by atoms with Crippen molar-refractivity contribution < 1.29 is 9.90 Å². The number of hydrogen-bond donors (Lipinski definition) is 2. The fourth-order valence-corrected chi connectivity index (χ4v) is 4.04. The quantitative estimate of drug-likeness (QED) is 0.671. The molecule has 8 heteroatoms. The van der Waals surface area contributed by atoms with E-state index >= 15 is 0 Å². The molecule has 3 aromatic rings. The number of imidazole rings is 1. The van der Waals surface area contributed by atoms with Crippen LogP contribution in [0.1, 0.15) is 12.8 Å². The topological polar surface area (TPSA) is 83.3 Å². The van der Waals surface area contributed by atoms with E-state index < -0.39 is 0 Å². The summed E-state index contributed by atoms with van der Waals surface area (Å²) >= 11 is 6.47. The number of anilines is 1. The Hall–Kier alpha value is -2.64. The smallest absolute Gasteiger partial charge is 0.223 e. The zero-order valence-corrected chi connectivity index (χ0v) is 17.1. The minimum Gasteiger partial charge on any atom is -0.395 e. The van der Waals surface area contributed by atoms with Crippen LogP contribution < -0.4 is 10.2 Å². The summed E-state index contributed by atoms with van der Waals surface area (Å²) in [4.78, 5) is 23.6. The number of carbonyl (C=O) groups is 1. The number of aryl methyl sites for hydroxylation is 1. The van der Waals surface area contributed by atoms with Gasteiger partial charge in [-0.05, 0) is 31.0 Å². The number of aromatic nitrogens is 3. The van der Waals surface area contributed by atoms with Crippen molar-refractivity contribution in [2.45, 2.75) is 12.8 Å². The summed E-state index contributed by atoms with van der Waals surface area (Å²) in [5, 5.41) is 12.2. The van der Waals surface area contributed by atoms with Gasteiger partial charge in [0.15, 0.2) is 0 Å². The van der Waals surface area contributed by atoms with E-state index in [0.29, 0.717) is 11.6 Å². The normalized spacial score (nSPS) is 15.1. The number of rotatable bonds is 5. The number of halogens is 1.